The van der Waals surface area contributed by atoms with Crippen molar-refractivity contribution in [2.24, 2.45) is 0 Å². The Balaban J connectivity index is 1.79. The maximum Gasteiger partial charge on any atom is 0.416 e. The van der Waals surface area contributed by atoms with Crippen LogP contribution in [0.15, 0.2) is 60.7 Å². The van der Waals surface area contributed by atoms with Crippen molar-refractivity contribution in [2.45, 2.75) is 38.6 Å². The normalized spacial score (nSPS) is 18.5. The Morgan fingerprint density at radius 2 is 1.78 bits per heavy atom. The number of fused-ring (bicyclic) bond motifs is 5. The van der Waals surface area contributed by atoms with E-state index in [0.717, 1.165) is 39.6 Å². The molecule has 2 nitrogen and oxygen atoms in total. The molecule has 0 bridgehead atoms. The molecule has 2 aliphatic heterocycles. The molecule has 0 amide bonds. The van der Waals surface area contributed by atoms with Crippen LogP contribution in [0.3, 0.4) is 0 Å². The molecule has 1 atom stereocenters. The van der Waals surface area contributed by atoms with Crippen LogP contribution < -0.4 is 10.1 Å². The fraction of sp³-hybridized carbons (Fsp3) is 0.231. The third kappa shape index (κ3) is 3.45. The number of alkyl halides is 3. The van der Waals surface area contributed by atoms with Gasteiger partial charge in [-0.05, 0) is 73.9 Å². The van der Waals surface area contributed by atoms with Crippen LogP contribution in [0.5, 0.6) is 5.75 Å². The summed E-state index contributed by atoms with van der Waals surface area (Å²) in [6.07, 6.45) is -3.00. The first kappa shape index (κ1) is 21.0. The molecular formula is C26H21ClF3NO. The van der Waals surface area contributed by atoms with E-state index in [1.165, 1.54) is 12.1 Å². The summed E-state index contributed by atoms with van der Waals surface area (Å²) in [5.41, 5.74) is 5.02. The van der Waals surface area contributed by atoms with Gasteiger partial charge in [0.25, 0.3) is 0 Å². The highest BCUT2D eigenvalue weighted by molar-refractivity contribution is 6.31. The topological polar surface area (TPSA) is 21.3 Å². The molecule has 0 saturated carbocycles. The van der Waals surface area contributed by atoms with E-state index in [4.69, 9.17) is 16.3 Å². The van der Waals surface area contributed by atoms with E-state index in [-0.39, 0.29) is 5.54 Å². The second kappa shape index (κ2) is 7.04. The van der Waals surface area contributed by atoms with E-state index in [9.17, 15) is 13.2 Å². The molecule has 6 heteroatoms. The van der Waals surface area contributed by atoms with Crippen molar-refractivity contribution in [1.29, 1.82) is 0 Å². The zero-order chi connectivity index (χ0) is 22.8. The van der Waals surface area contributed by atoms with Gasteiger partial charge in [-0.1, -0.05) is 35.9 Å². The Labute approximate surface area is 189 Å². The Morgan fingerprint density at radius 3 is 2.53 bits per heavy atom. The summed E-state index contributed by atoms with van der Waals surface area (Å²) in [6.45, 7) is 6.18. The number of hydrogen-bond acceptors (Lipinski definition) is 2. The molecule has 32 heavy (non-hydrogen) atoms. The van der Waals surface area contributed by atoms with Crippen molar-refractivity contribution in [3.05, 3.63) is 87.9 Å². The van der Waals surface area contributed by atoms with Gasteiger partial charge in [-0.25, -0.2) is 0 Å². The Kier molecular flexibility index (Phi) is 4.61. The van der Waals surface area contributed by atoms with Gasteiger partial charge < -0.3 is 10.1 Å². The maximum atomic E-state index is 13.5. The van der Waals surface area contributed by atoms with Crippen LogP contribution in [-0.4, -0.2) is 5.54 Å². The largest absolute Gasteiger partial charge is 0.480 e. The minimum Gasteiger partial charge on any atom is -0.480 e. The number of anilines is 1. The molecule has 2 heterocycles. The van der Waals surface area contributed by atoms with E-state index in [0.29, 0.717) is 16.3 Å². The number of benzene rings is 3. The number of hydrogen-bond donors (Lipinski definition) is 1. The average Bonchev–Trinajstić information content (AvgIpc) is 2.71. The highest BCUT2D eigenvalue weighted by atomic mass is 35.5. The lowest BCUT2D eigenvalue weighted by Gasteiger charge is -2.37. The fourth-order valence-corrected chi connectivity index (χ4v) is 4.94. The number of rotatable bonds is 1. The van der Waals surface area contributed by atoms with E-state index in [1.54, 1.807) is 18.2 Å². The first-order valence-electron chi connectivity index (χ1n) is 10.3. The Morgan fingerprint density at radius 1 is 1.00 bits per heavy atom. The zero-order valence-corrected chi connectivity index (χ0v) is 18.5. The van der Waals surface area contributed by atoms with Crippen molar-refractivity contribution < 1.29 is 17.9 Å². The number of nitrogens with one attached hydrogen (secondary N) is 1. The van der Waals surface area contributed by atoms with Crippen LogP contribution in [0, 0.1) is 0 Å². The summed E-state index contributed by atoms with van der Waals surface area (Å²) in [7, 11) is 0. The van der Waals surface area contributed by atoms with Crippen LogP contribution in [0.25, 0.3) is 16.7 Å². The first-order valence-corrected chi connectivity index (χ1v) is 10.7. The van der Waals surface area contributed by atoms with Crippen LogP contribution in [0.2, 0.25) is 5.02 Å². The van der Waals surface area contributed by atoms with Crippen molar-refractivity contribution in [3.8, 4) is 16.9 Å². The lowest BCUT2D eigenvalue weighted by Crippen LogP contribution is -2.32. The van der Waals surface area contributed by atoms with Crippen LogP contribution in [0.1, 0.15) is 49.1 Å². The highest BCUT2D eigenvalue weighted by Gasteiger charge is 2.36. The molecule has 0 saturated heterocycles. The lowest BCUT2D eigenvalue weighted by molar-refractivity contribution is -0.137. The summed E-state index contributed by atoms with van der Waals surface area (Å²) in [4.78, 5) is 0. The third-order valence-corrected chi connectivity index (χ3v) is 6.16. The van der Waals surface area contributed by atoms with Gasteiger partial charge in [-0.3, -0.25) is 0 Å². The number of ether oxygens (including phenoxy) is 1. The molecule has 2 aliphatic rings. The Bertz CT molecular complexity index is 1280. The molecule has 164 valence electrons. The molecular weight excluding hydrogens is 435 g/mol. The molecule has 0 aliphatic carbocycles. The van der Waals surface area contributed by atoms with Gasteiger partial charge in [0.15, 0.2) is 6.10 Å². The second-order valence-electron chi connectivity index (χ2n) is 8.88. The van der Waals surface area contributed by atoms with Crippen molar-refractivity contribution in [1.82, 2.24) is 0 Å². The monoisotopic (exact) mass is 455 g/mol. The minimum absolute atomic E-state index is 0.242. The molecule has 0 fully saturated rings. The van der Waals surface area contributed by atoms with Crippen molar-refractivity contribution >= 4 is 22.9 Å². The van der Waals surface area contributed by atoms with E-state index in [2.05, 4.69) is 25.2 Å². The smallest absolute Gasteiger partial charge is 0.416 e. The molecule has 0 spiro atoms. The fourth-order valence-electron chi connectivity index (χ4n) is 4.77. The van der Waals surface area contributed by atoms with Gasteiger partial charge >= 0.3 is 6.18 Å². The molecule has 0 aromatic heterocycles. The molecule has 3 aromatic carbocycles. The molecule has 3 aromatic rings. The van der Waals surface area contributed by atoms with Gasteiger partial charge in [0.1, 0.15) is 5.75 Å². The number of halogens is 4. The first-order chi connectivity index (χ1) is 15.0. The predicted molar refractivity (Wildman–Crippen MR) is 122 cm³/mol. The van der Waals surface area contributed by atoms with Crippen LogP contribution in [-0.2, 0) is 6.18 Å². The van der Waals surface area contributed by atoms with Crippen LogP contribution in [0.4, 0.5) is 18.9 Å². The highest BCUT2D eigenvalue weighted by Crippen LogP contribution is 2.51. The Hall–Kier alpha value is -2.92. The molecule has 5 rings (SSSR count). The van der Waals surface area contributed by atoms with Gasteiger partial charge in [0, 0.05) is 27.4 Å². The predicted octanol–water partition coefficient (Wildman–Crippen LogP) is 8.12. The second-order valence-corrected chi connectivity index (χ2v) is 9.32. The summed E-state index contributed by atoms with van der Waals surface area (Å²) in [5.74, 6) is 0.593. The van der Waals surface area contributed by atoms with E-state index < -0.39 is 17.8 Å². The minimum atomic E-state index is -4.43. The molecule has 0 unspecified atom stereocenters. The van der Waals surface area contributed by atoms with Crippen LogP contribution >= 0.6 is 11.6 Å². The summed E-state index contributed by atoms with van der Waals surface area (Å²) < 4.78 is 46.7. The zero-order valence-electron chi connectivity index (χ0n) is 17.8. The summed E-state index contributed by atoms with van der Waals surface area (Å²) in [6, 6.07) is 14.7. The summed E-state index contributed by atoms with van der Waals surface area (Å²) >= 11 is 6.27. The SMILES string of the molecule is CC1=CC(C)(C)Nc2ccc3c(c21)[C@H](c1cccc(C(F)(F)F)c1)Oc1ccc(Cl)cc1-3. The van der Waals surface area contributed by atoms with Gasteiger partial charge in [0.2, 0.25) is 0 Å². The van der Waals surface area contributed by atoms with Gasteiger partial charge in [-0.2, -0.15) is 13.2 Å². The lowest BCUT2D eigenvalue weighted by atomic mass is 9.80. The average molecular weight is 456 g/mol. The van der Waals surface area contributed by atoms with E-state index in [1.807, 2.05) is 25.1 Å². The third-order valence-electron chi connectivity index (χ3n) is 5.93. The molecule has 0 radical (unpaired) electrons. The van der Waals surface area contributed by atoms with Crippen molar-refractivity contribution in [3.63, 3.8) is 0 Å². The van der Waals surface area contributed by atoms with Gasteiger partial charge in [0.05, 0.1) is 11.1 Å². The van der Waals surface area contributed by atoms with E-state index >= 15 is 0 Å². The van der Waals surface area contributed by atoms with Gasteiger partial charge in [-0.15, -0.1) is 0 Å². The maximum absolute atomic E-state index is 13.5. The summed E-state index contributed by atoms with van der Waals surface area (Å²) in [5, 5.41) is 4.09. The van der Waals surface area contributed by atoms with Crippen molar-refractivity contribution in [2.75, 3.05) is 5.32 Å². The standard InChI is InChI=1S/C26H21ClF3NO/c1-14-13-25(2,3)31-20-9-8-18-19-12-17(27)7-10-21(19)32-24(23(18)22(14)20)15-5-4-6-16(11-15)26(28,29)30/h4-13,24,31H,1-3H3/t24-/m0/s1. The molecule has 1 N–H and O–H groups in total. The quantitative estimate of drug-likeness (QED) is 0.400. The number of allylic oxidation sites excluding steroid dienone is 1.